The zero-order valence-electron chi connectivity index (χ0n) is 13.7. The number of nitrogens with zero attached hydrogens (tertiary/aromatic N) is 1. The Hall–Kier alpha value is -1.92. The van der Waals surface area contributed by atoms with E-state index in [2.05, 4.69) is 15.6 Å². The molecule has 1 aliphatic rings. The monoisotopic (exact) mass is 345 g/mol. The lowest BCUT2D eigenvalue weighted by molar-refractivity contribution is 0.166. The molecule has 6 heteroatoms. The summed E-state index contributed by atoms with van der Waals surface area (Å²) in [6.45, 7) is 2.39. The molecule has 0 bridgehead atoms. The van der Waals surface area contributed by atoms with E-state index in [1.165, 1.54) is 0 Å². The lowest BCUT2D eigenvalue weighted by Crippen LogP contribution is -2.39. The van der Waals surface area contributed by atoms with E-state index in [1.807, 2.05) is 42.6 Å². The lowest BCUT2D eigenvalue weighted by Gasteiger charge is -2.17. The molecule has 0 spiro atoms. The molecule has 3 N–H and O–H groups in total. The van der Waals surface area contributed by atoms with Gasteiger partial charge < -0.3 is 15.7 Å². The van der Waals surface area contributed by atoms with E-state index in [1.54, 1.807) is 11.3 Å². The number of rotatable bonds is 7. The fraction of sp³-hybridized carbons (Fsp3) is 0.444. The minimum absolute atomic E-state index is 0.00254. The van der Waals surface area contributed by atoms with Crippen LogP contribution in [-0.4, -0.2) is 22.7 Å². The number of hydrogen-bond acceptors (Lipinski definition) is 4. The van der Waals surface area contributed by atoms with Gasteiger partial charge in [-0.05, 0) is 37.7 Å². The number of hydrogen-bond donors (Lipinski definition) is 3. The minimum atomic E-state index is -0.563. The third-order valence-corrected chi connectivity index (χ3v) is 5.22. The van der Waals surface area contributed by atoms with Crippen molar-refractivity contribution in [2.75, 3.05) is 6.54 Å². The van der Waals surface area contributed by atoms with E-state index in [9.17, 15) is 9.90 Å². The van der Waals surface area contributed by atoms with Crippen LogP contribution in [-0.2, 0) is 0 Å². The van der Waals surface area contributed by atoms with Crippen LogP contribution in [0.5, 0.6) is 0 Å². The summed E-state index contributed by atoms with van der Waals surface area (Å²) in [6.07, 6.45) is 2.20. The van der Waals surface area contributed by atoms with Gasteiger partial charge >= 0.3 is 6.03 Å². The maximum atomic E-state index is 12.2. The molecule has 1 aromatic heterocycles. The maximum absolute atomic E-state index is 12.2. The number of aliphatic hydroxyl groups excluding tert-OH is 1. The molecule has 2 amide bonds. The molecule has 1 heterocycles. The Kier molecular flexibility index (Phi) is 5.48. The molecular weight excluding hydrogens is 322 g/mol. The van der Waals surface area contributed by atoms with Crippen LogP contribution in [0.2, 0.25) is 0 Å². The van der Waals surface area contributed by atoms with Crippen LogP contribution in [0, 0.1) is 12.8 Å². The van der Waals surface area contributed by atoms with Crippen LogP contribution in [0.1, 0.15) is 47.7 Å². The van der Waals surface area contributed by atoms with E-state index in [4.69, 9.17) is 0 Å². The third kappa shape index (κ3) is 4.55. The highest BCUT2D eigenvalue weighted by molar-refractivity contribution is 7.09. The van der Waals surface area contributed by atoms with E-state index in [0.717, 1.165) is 29.1 Å². The first-order chi connectivity index (χ1) is 11.6. The van der Waals surface area contributed by atoms with Crippen molar-refractivity contribution in [3.63, 3.8) is 0 Å². The highest BCUT2D eigenvalue weighted by Crippen LogP contribution is 2.41. The highest BCUT2D eigenvalue weighted by atomic mass is 32.1. The van der Waals surface area contributed by atoms with Gasteiger partial charge in [0.25, 0.3) is 0 Å². The van der Waals surface area contributed by atoms with E-state index >= 15 is 0 Å². The second-order valence-electron chi connectivity index (χ2n) is 6.26. The standard InChI is InChI=1S/C18H23N3O2S/c1-12-11-24-17(20-12)16(14-7-8-14)21-18(23)19-10-9-15(22)13-5-3-2-4-6-13/h2-6,11,14-16,22H,7-10H2,1H3,(H2,19,21,23). The Bertz CT molecular complexity index is 670. The zero-order valence-corrected chi connectivity index (χ0v) is 14.6. The molecule has 24 heavy (non-hydrogen) atoms. The highest BCUT2D eigenvalue weighted by Gasteiger charge is 2.35. The number of aryl methyl sites for hydroxylation is 1. The second kappa shape index (κ2) is 7.77. The van der Waals surface area contributed by atoms with Gasteiger partial charge in [0, 0.05) is 17.6 Å². The first kappa shape index (κ1) is 16.9. The summed E-state index contributed by atoms with van der Waals surface area (Å²) >= 11 is 1.60. The molecule has 3 rings (SSSR count). The quantitative estimate of drug-likeness (QED) is 0.720. The van der Waals surface area contributed by atoms with Gasteiger partial charge in [-0.2, -0.15) is 0 Å². The number of thiazole rings is 1. The number of benzene rings is 1. The maximum Gasteiger partial charge on any atom is 0.315 e. The van der Waals surface area contributed by atoms with Crippen LogP contribution >= 0.6 is 11.3 Å². The van der Waals surface area contributed by atoms with E-state index in [-0.39, 0.29) is 12.1 Å². The van der Waals surface area contributed by atoms with Crippen LogP contribution in [0.25, 0.3) is 0 Å². The first-order valence-corrected chi connectivity index (χ1v) is 9.21. The summed E-state index contributed by atoms with van der Waals surface area (Å²) in [4.78, 5) is 16.7. The van der Waals surface area contributed by atoms with Crippen LogP contribution in [0.3, 0.4) is 0 Å². The molecule has 1 aromatic carbocycles. The molecule has 0 saturated heterocycles. The summed E-state index contributed by atoms with van der Waals surface area (Å²) in [5.41, 5.74) is 1.86. The van der Waals surface area contributed by atoms with Crippen molar-refractivity contribution in [2.24, 2.45) is 5.92 Å². The second-order valence-corrected chi connectivity index (χ2v) is 7.15. The minimum Gasteiger partial charge on any atom is -0.388 e. The van der Waals surface area contributed by atoms with Gasteiger partial charge in [0.1, 0.15) is 5.01 Å². The summed E-state index contributed by atoms with van der Waals surface area (Å²) in [7, 11) is 0. The van der Waals surface area contributed by atoms with Crippen molar-refractivity contribution in [3.05, 3.63) is 52.0 Å². The van der Waals surface area contributed by atoms with Crippen LogP contribution in [0.4, 0.5) is 4.79 Å². The van der Waals surface area contributed by atoms with Crippen molar-refractivity contribution in [1.82, 2.24) is 15.6 Å². The molecule has 1 fully saturated rings. The van der Waals surface area contributed by atoms with Gasteiger partial charge in [-0.15, -0.1) is 11.3 Å². The molecule has 2 aromatic rings. The number of carbonyl (C=O) groups is 1. The number of carbonyl (C=O) groups excluding carboxylic acids is 1. The Labute approximate surface area is 146 Å². The number of aliphatic hydroxyl groups is 1. The van der Waals surface area contributed by atoms with Gasteiger partial charge in [0.2, 0.25) is 0 Å². The third-order valence-electron chi connectivity index (χ3n) is 4.17. The van der Waals surface area contributed by atoms with Crippen molar-refractivity contribution in [2.45, 2.75) is 38.3 Å². The normalized spacial score (nSPS) is 16.4. The molecule has 2 unspecified atom stereocenters. The predicted octanol–water partition coefficient (Wildman–Crippen LogP) is 3.33. The molecular formula is C18H23N3O2S. The van der Waals surface area contributed by atoms with Crippen molar-refractivity contribution >= 4 is 17.4 Å². The van der Waals surface area contributed by atoms with Gasteiger partial charge in [0.05, 0.1) is 12.1 Å². The largest absolute Gasteiger partial charge is 0.388 e. The van der Waals surface area contributed by atoms with E-state index < -0.39 is 6.10 Å². The average Bonchev–Trinajstić information content (AvgIpc) is 3.34. The van der Waals surface area contributed by atoms with Crippen molar-refractivity contribution in [1.29, 1.82) is 0 Å². The molecule has 5 nitrogen and oxygen atoms in total. The SMILES string of the molecule is Cc1csc(C(NC(=O)NCCC(O)c2ccccc2)C2CC2)n1. The zero-order chi connectivity index (χ0) is 16.9. The lowest BCUT2D eigenvalue weighted by atomic mass is 10.1. The Morgan fingerprint density at radius 3 is 2.75 bits per heavy atom. The van der Waals surface area contributed by atoms with Crippen molar-refractivity contribution in [3.8, 4) is 0 Å². The fourth-order valence-corrected chi connectivity index (χ4v) is 3.62. The fourth-order valence-electron chi connectivity index (χ4n) is 2.68. The Morgan fingerprint density at radius 2 is 2.12 bits per heavy atom. The van der Waals surface area contributed by atoms with Crippen LogP contribution in [0.15, 0.2) is 35.7 Å². The van der Waals surface area contributed by atoms with Crippen molar-refractivity contribution < 1.29 is 9.90 Å². The predicted molar refractivity (Wildman–Crippen MR) is 94.9 cm³/mol. The van der Waals surface area contributed by atoms with E-state index in [0.29, 0.717) is 18.9 Å². The average molecular weight is 345 g/mol. The summed E-state index contributed by atoms with van der Waals surface area (Å²) in [5, 5.41) is 19.0. The number of urea groups is 1. The molecule has 2 atom stereocenters. The molecule has 0 aliphatic heterocycles. The number of aromatic nitrogens is 1. The van der Waals surface area contributed by atoms with Crippen LogP contribution < -0.4 is 10.6 Å². The smallest absolute Gasteiger partial charge is 0.315 e. The molecule has 0 radical (unpaired) electrons. The van der Waals surface area contributed by atoms with Gasteiger partial charge in [0.15, 0.2) is 0 Å². The summed E-state index contributed by atoms with van der Waals surface area (Å²) < 4.78 is 0. The summed E-state index contributed by atoms with van der Waals surface area (Å²) in [5.74, 6) is 0.496. The van der Waals surface area contributed by atoms with Gasteiger partial charge in [-0.3, -0.25) is 0 Å². The molecule has 128 valence electrons. The topological polar surface area (TPSA) is 74.2 Å². The van der Waals surface area contributed by atoms with Gasteiger partial charge in [-0.25, -0.2) is 9.78 Å². The molecule has 1 saturated carbocycles. The first-order valence-electron chi connectivity index (χ1n) is 8.33. The summed E-state index contributed by atoms with van der Waals surface area (Å²) in [6, 6.07) is 9.30. The Balaban J connectivity index is 1.46. The van der Waals surface area contributed by atoms with Gasteiger partial charge in [-0.1, -0.05) is 30.3 Å². The Morgan fingerprint density at radius 1 is 1.38 bits per heavy atom. The number of nitrogens with one attached hydrogen (secondary N) is 2. The molecule has 1 aliphatic carbocycles. The number of amides is 2.